The largest absolute Gasteiger partial charge is 0.481 e. The van der Waals surface area contributed by atoms with Crippen molar-refractivity contribution < 1.29 is 24.6 Å². The predicted molar refractivity (Wildman–Crippen MR) is 76.2 cm³/mol. The maximum Gasteiger partial charge on any atom is 0.317 e. The third-order valence-electron chi connectivity index (χ3n) is 2.18. The van der Waals surface area contributed by atoms with Gasteiger partial charge >= 0.3 is 11.9 Å². The highest BCUT2D eigenvalue weighted by atomic mass is 35.5. The number of hydrogen-bond acceptors (Lipinski definition) is 4. The number of anilines is 1. The highest BCUT2D eigenvalue weighted by Crippen LogP contribution is 2.17. The Bertz CT molecular complexity index is 505. The van der Waals surface area contributed by atoms with Gasteiger partial charge < -0.3 is 15.5 Å². The maximum absolute atomic E-state index is 11.6. The van der Waals surface area contributed by atoms with Gasteiger partial charge in [-0.3, -0.25) is 14.4 Å². The first-order valence-electron chi connectivity index (χ1n) is 5.50. The quantitative estimate of drug-likeness (QED) is 0.710. The molecule has 1 atom stereocenters. The van der Waals surface area contributed by atoms with Gasteiger partial charge in [-0.2, -0.15) is 0 Å². The first-order valence-corrected chi connectivity index (χ1v) is 6.93. The summed E-state index contributed by atoms with van der Waals surface area (Å²) in [6.07, 6.45) is -0.534. The van der Waals surface area contributed by atoms with Gasteiger partial charge in [0.15, 0.2) is 0 Å². The summed E-state index contributed by atoms with van der Waals surface area (Å²) in [6.45, 7) is 0. The van der Waals surface area contributed by atoms with Crippen molar-refractivity contribution in [2.45, 2.75) is 11.7 Å². The Kier molecular flexibility index (Phi) is 6.33. The second kappa shape index (κ2) is 7.76. The summed E-state index contributed by atoms with van der Waals surface area (Å²) in [5.41, 5.74) is 0.533. The number of rotatable bonds is 7. The summed E-state index contributed by atoms with van der Waals surface area (Å²) in [7, 11) is 0. The number of halogens is 1. The molecule has 0 aliphatic rings. The van der Waals surface area contributed by atoms with Crippen LogP contribution in [0.2, 0.25) is 5.02 Å². The van der Waals surface area contributed by atoms with Crippen molar-refractivity contribution in [3.8, 4) is 0 Å². The molecular formula is C12H12ClNO5S. The maximum atomic E-state index is 11.6. The van der Waals surface area contributed by atoms with Crippen molar-refractivity contribution >= 4 is 46.9 Å². The van der Waals surface area contributed by atoms with Crippen LogP contribution in [0, 0.1) is 0 Å². The molecule has 0 aromatic heterocycles. The molecule has 3 N–H and O–H groups in total. The molecule has 1 aromatic rings. The first-order chi connectivity index (χ1) is 9.38. The van der Waals surface area contributed by atoms with E-state index in [2.05, 4.69) is 5.32 Å². The molecule has 0 saturated heterocycles. The van der Waals surface area contributed by atoms with Crippen LogP contribution >= 0.6 is 23.4 Å². The van der Waals surface area contributed by atoms with Crippen LogP contribution in [-0.2, 0) is 14.4 Å². The number of nitrogens with one attached hydrogen (secondary N) is 1. The lowest BCUT2D eigenvalue weighted by molar-refractivity contribution is -0.142. The van der Waals surface area contributed by atoms with Crippen LogP contribution < -0.4 is 5.32 Å². The third kappa shape index (κ3) is 5.94. The Morgan fingerprint density at radius 2 is 1.80 bits per heavy atom. The zero-order valence-electron chi connectivity index (χ0n) is 10.2. The Hall–Kier alpha value is -1.73. The monoisotopic (exact) mass is 317 g/mol. The lowest BCUT2D eigenvalue weighted by Gasteiger charge is -2.09. The molecule has 108 valence electrons. The van der Waals surface area contributed by atoms with Gasteiger partial charge in [-0.25, -0.2) is 0 Å². The average molecular weight is 318 g/mol. The third-order valence-corrected chi connectivity index (χ3v) is 3.63. The van der Waals surface area contributed by atoms with E-state index >= 15 is 0 Å². The zero-order valence-corrected chi connectivity index (χ0v) is 11.8. The molecule has 0 fully saturated rings. The summed E-state index contributed by atoms with van der Waals surface area (Å²) < 4.78 is 0. The average Bonchev–Trinajstić information content (AvgIpc) is 2.36. The Morgan fingerprint density at radius 3 is 2.30 bits per heavy atom. The lowest BCUT2D eigenvalue weighted by atomic mass is 10.3. The first kappa shape index (κ1) is 16.3. The molecule has 6 nitrogen and oxygen atoms in total. The number of benzene rings is 1. The zero-order chi connectivity index (χ0) is 15.1. The van der Waals surface area contributed by atoms with Crippen LogP contribution in [0.3, 0.4) is 0 Å². The summed E-state index contributed by atoms with van der Waals surface area (Å²) in [4.78, 5) is 32.9. The van der Waals surface area contributed by atoms with Crippen molar-refractivity contribution in [2.75, 3.05) is 11.1 Å². The highest BCUT2D eigenvalue weighted by Gasteiger charge is 2.22. The van der Waals surface area contributed by atoms with Crippen LogP contribution in [0.5, 0.6) is 0 Å². The van der Waals surface area contributed by atoms with E-state index in [1.54, 1.807) is 24.3 Å². The van der Waals surface area contributed by atoms with Crippen molar-refractivity contribution in [2.24, 2.45) is 0 Å². The number of carboxylic acids is 2. The van der Waals surface area contributed by atoms with Crippen LogP contribution in [0.4, 0.5) is 5.69 Å². The summed E-state index contributed by atoms with van der Waals surface area (Å²) in [5.74, 6) is -3.03. The molecule has 1 aromatic carbocycles. The van der Waals surface area contributed by atoms with Crippen LogP contribution in [0.1, 0.15) is 6.42 Å². The van der Waals surface area contributed by atoms with E-state index in [0.29, 0.717) is 10.7 Å². The SMILES string of the molecule is O=C(O)C[C@@H](SCC(=O)Nc1ccc(Cl)cc1)C(=O)O. The molecule has 1 rings (SSSR count). The Labute approximate surface area is 124 Å². The van der Waals surface area contributed by atoms with E-state index in [1.165, 1.54) is 0 Å². The smallest absolute Gasteiger partial charge is 0.317 e. The minimum Gasteiger partial charge on any atom is -0.481 e. The van der Waals surface area contributed by atoms with E-state index in [0.717, 1.165) is 11.8 Å². The van der Waals surface area contributed by atoms with Gasteiger partial charge in [0.1, 0.15) is 5.25 Å². The summed E-state index contributed by atoms with van der Waals surface area (Å²) in [5, 5.41) is 19.3. The van der Waals surface area contributed by atoms with Crippen molar-refractivity contribution in [1.82, 2.24) is 0 Å². The van der Waals surface area contributed by atoms with Crippen molar-refractivity contribution in [3.63, 3.8) is 0 Å². The van der Waals surface area contributed by atoms with E-state index in [9.17, 15) is 14.4 Å². The van der Waals surface area contributed by atoms with Gasteiger partial charge in [0, 0.05) is 10.7 Å². The van der Waals surface area contributed by atoms with Gasteiger partial charge in [-0.05, 0) is 24.3 Å². The van der Waals surface area contributed by atoms with Gasteiger partial charge in [0.2, 0.25) is 5.91 Å². The van der Waals surface area contributed by atoms with Crippen molar-refractivity contribution in [1.29, 1.82) is 0 Å². The van der Waals surface area contributed by atoms with Gasteiger partial charge in [0.25, 0.3) is 0 Å². The molecule has 0 heterocycles. The molecule has 20 heavy (non-hydrogen) atoms. The van der Waals surface area contributed by atoms with E-state index in [1.807, 2.05) is 0 Å². The van der Waals surface area contributed by atoms with Gasteiger partial charge in [-0.1, -0.05) is 11.6 Å². The number of carboxylic acid groups (broad SMARTS) is 2. The fourth-order valence-electron chi connectivity index (χ4n) is 1.28. The summed E-state index contributed by atoms with van der Waals surface area (Å²) in [6, 6.07) is 6.43. The standard InChI is InChI=1S/C12H12ClNO5S/c13-7-1-3-8(4-2-7)14-10(15)6-20-9(12(18)19)5-11(16)17/h1-4,9H,5-6H2,(H,14,15)(H,16,17)(H,18,19)/t9-/m1/s1. The Balaban J connectivity index is 2.47. The number of aliphatic carboxylic acids is 2. The van der Waals surface area contributed by atoms with Gasteiger partial charge in [0.05, 0.1) is 12.2 Å². The minimum atomic E-state index is -1.25. The molecule has 0 spiro atoms. The number of amides is 1. The van der Waals surface area contributed by atoms with E-state index < -0.39 is 29.5 Å². The van der Waals surface area contributed by atoms with Gasteiger partial charge in [-0.15, -0.1) is 11.8 Å². The normalized spacial score (nSPS) is 11.7. The lowest BCUT2D eigenvalue weighted by Crippen LogP contribution is -2.23. The second-order valence-corrected chi connectivity index (χ2v) is 5.42. The number of hydrogen-bond donors (Lipinski definition) is 3. The summed E-state index contributed by atoms with van der Waals surface area (Å²) >= 11 is 6.47. The molecule has 0 bridgehead atoms. The molecule has 0 saturated carbocycles. The molecular weight excluding hydrogens is 306 g/mol. The van der Waals surface area contributed by atoms with E-state index in [-0.39, 0.29) is 5.75 Å². The molecule has 0 aliphatic carbocycles. The van der Waals surface area contributed by atoms with E-state index in [4.69, 9.17) is 21.8 Å². The molecule has 0 unspecified atom stereocenters. The second-order valence-electron chi connectivity index (χ2n) is 3.79. The van der Waals surface area contributed by atoms with Crippen LogP contribution in [-0.4, -0.2) is 39.1 Å². The number of thioether (sulfide) groups is 1. The molecule has 0 radical (unpaired) electrons. The van der Waals surface area contributed by atoms with Crippen LogP contribution in [0.25, 0.3) is 0 Å². The fraction of sp³-hybridized carbons (Fsp3) is 0.250. The highest BCUT2D eigenvalue weighted by molar-refractivity contribution is 8.01. The minimum absolute atomic E-state index is 0.146. The van der Waals surface area contributed by atoms with Crippen molar-refractivity contribution in [3.05, 3.63) is 29.3 Å². The molecule has 0 aliphatic heterocycles. The molecule has 8 heteroatoms. The predicted octanol–water partition coefficient (Wildman–Crippen LogP) is 1.94. The van der Waals surface area contributed by atoms with Crippen LogP contribution in [0.15, 0.2) is 24.3 Å². The molecule has 1 amide bonds. The number of carbonyl (C=O) groups is 3. The fourth-order valence-corrected chi connectivity index (χ4v) is 2.24. The topological polar surface area (TPSA) is 104 Å². The number of carbonyl (C=O) groups excluding carboxylic acids is 1. The Morgan fingerprint density at radius 1 is 1.20 bits per heavy atom.